The maximum atomic E-state index is 13.4. The molecule has 0 unspecified atom stereocenters. The zero-order valence-corrected chi connectivity index (χ0v) is 19.6. The van der Waals surface area contributed by atoms with E-state index >= 15 is 0 Å². The molecule has 1 aliphatic heterocycles. The molecule has 2 aliphatic rings. The van der Waals surface area contributed by atoms with E-state index < -0.39 is 18.3 Å². The van der Waals surface area contributed by atoms with Crippen LogP contribution in [0.15, 0.2) is 34.6 Å². The minimum absolute atomic E-state index is 0.00528. The molecule has 35 heavy (non-hydrogen) atoms. The molecule has 0 radical (unpaired) electrons. The Balaban J connectivity index is 1.45. The Kier molecular flexibility index (Phi) is 5.01. The Morgan fingerprint density at radius 1 is 1.23 bits per heavy atom. The fourth-order valence-corrected chi connectivity index (χ4v) is 5.35. The third-order valence-electron chi connectivity index (χ3n) is 6.65. The molecule has 12 heteroatoms. The highest BCUT2D eigenvalue weighted by atomic mass is 32.1. The lowest BCUT2D eigenvalue weighted by molar-refractivity contribution is -0.144. The molecule has 0 spiro atoms. The number of fused-ring (bicyclic) bond motifs is 2. The molecule has 1 saturated carbocycles. The summed E-state index contributed by atoms with van der Waals surface area (Å²) in [5.41, 5.74) is 3.25. The van der Waals surface area contributed by atoms with E-state index in [1.54, 1.807) is 0 Å². The van der Waals surface area contributed by atoms with Crippen molar-refractivity contribution in [1.82, 2.24) is 29.6 Å². The number of nitrogens with zero attached hydrogens (tertiary/aromatic N) is 5. The van der Waals surface area contributed by atoms with Gasteiger partial charge in [-0.3, -0.25) is 4.79 Å². The summed E-state index contributed by atoms with van der Waals surface area (Å²) in [6.07, 6.45) is -0.466. The summed E-state index contributed by atoms with van der Waals surface area (Å²) in [5, 5.41) is 8.59. The Bertz CT molecular complexity index is 1500. The molecule has 0 atom stereocenters. The minimum atomic E-state index is -4.59. The first-order chi connectivity index (χ1) is 16.7. The lowest BCUT2D eigenvalue weighted by Gasteiger charge is -2.18. The Labute approximate surface area is 201 Å². The van der Waals surface area contributed by atoms with Gasteiger partial charge in [0.15, 0.2) is 5.65 Å². The van der Waals surface area contributed by atoms with Crippen LogP contribution in [0.4, 0.5) is 24.8 Å². The number of hydrogen-bond donors (Lipinski definition) is 2. The van der Waals surface area contributed by atoms with Crippen LogP contribution in [0.1, 0.15) is 36.6 Å². The summed E-state index contributed by atoms with van der Waals surface area (Å²) < 4.78 is 42.1. The van der Waals surface area contributed by atoms with Crippen LogP contribution in [0.5, 0.6) is 0 Å². The first-order valence-corrected chi connectivity index (χ1v) is 12.2. The van der Waals surface area contributed by atoms with Crippen molar-refractivity contribution in [2.45, 2.75) is 50.9 Å². The van der Waals surface area contributed by atoms with Crippen molar-refractivity contribution in [3.8, 4) is 5.13 Å². The number of nitrogens with one attached hydrogen (secondary N) is 2. The van der Waals surface area contributed by atoms with Crippen molar-refractivity contribution in [3.05, 3.63) is 57.0 Å². The highest BCUT2D eigenvalue weighted by Crippen LogP contribution is 2.47. The van der Waals surface area contributed by atoms with Crippen LogP contribution < -0.4 is 16.2 Å². The molecule has 4 aromatic rings. The molecule has 0 saturated heterocycles. The number of aromatic nitrogens is 5. The normalized spacial score (nSPS) is 16.9. The molecule has 8 nitrogen and oxygen atoms in total. The smallest absolute Gasteiger partial charge is 0.324 e. The number of anilines is 2. The lowest BCUT2D eigenvalue weighted by atomic mass is 10.0. The number of benzene rings is 1. The predicted octanol–water partition coefficient (Wildman–Crippen LogP) is 4.04. The predicted molar refractivity (Wildman–Crippen MR) is 127 cm³/mol. The largest absolute Gasteiger partial charge is 0.408 e. The fraction of sp³-hybridized carbons (Fsp3) is 0.391. The van der Waals surface area contributed by atoms with Crippen molar-refractivity contribution in [2.24, 2.45) is 0 Å². The van der Waals surface area contributed by atoms with Gasteiger partial charge in [0.25, 0.3) is 5.56 Å². The van der Waals surface area contributed by atoms with Crippen molar-refractivity contribution in [1.29, 1.82) is 0 Å². The van der Waals surface area contributed by atoms with Crippen LogP contribution in [-0.2, 0) is 24.9 Å². The summed E-state index contributed by atoms with van der Waals surface area (Å²) in [5.74, 6) is 0.190. The van der Waals surface area contributed by atoms with Gasteiger partial charge in [0.2, 0.25) is 11.1 Å². The van der Waals surface area contributed by atoms with Crippen molar-refractivity contribution in [3.63, 3.8) is 0 Å². The van der Waals surface area contributed by atoms with Crippen LogP contribution in [-0.4, -0.2) is 37.0 Å². The van der Waals surface area contributed by atoms with Gasteiger partial charge in [0, 0.05) is 29.2 Å². The molecule has 1 aliphatic carbocycles. The van der Waals surface area contributed by atoms with E-state index in [4.69, 9.17) is 0 Å². The van der Waals surface area contributed by atoms with E-state index in [1.165, 1.54) is 33.3 Å². The van der Waals surface area contributed by atoms with Crippen LogP contribution in [0.2, 0.25) is 0 Å². The van der Waals surface area contributed by atoms with Gasteiger partial charge in [-0.15, -0.1) is 11.3 Å². The van der Waals surface area contributed by atoms with Gasteiger partial charge in [0.05, 0.1) is 5.69 Å². The summed E-state index contributed by atoms with van der Waals surface area (Å²) in [4.78, 5) is 26.2. The first kappa shape index (κ1) is 22.2. The van der Waals surface area contributed by atoms with Gasteiger partial charge in [-0.25, -0.2) is 19.3 Å². The molecule has 1 aromatic carbocycles. The van der Waals surface area contributed by atoms with Gasteiger partial charge >= 0.3 is 6.18 Å². The molecule has 3 aromatic heterocycles. The molecule has 0 amide bonds. The van der Waals surface area contributed by atoms with Gasteiger partial charge in [-0.2, -0.15) is 18.2 Å². The average Bonchev–Trinajstić information content (AvgIpc) is 3.27. The SMILES string of the molecule is CC1(c2csc(-n3c4nc(Nc5ccc6c(c5)CCNC6)ncc4c(=O)n3CC(F)(F)F)n2)CC1. The van der Waals surface area contributed by atoms with Gasteiger partial charge < -0.3 is 10.6 Å². The third-order valence-corrected chi connectivity index (χ3v) is 7.46. The highest BCUT2D eigenvalue weighted by molar-refractivity contribution is 7.12. The zero-order valence-electron chi connectivity index (χ0n) is 18.8. The summed E-state index contributed by atoms with van der Waals surface area (Å²) in [6.45, 7) is 2.33. The minimum Gasteiger partial charge on any atom is -0.324 e. The summed E-state index contributed by atoms with van der Waals surface area (Å²) in [7, 11) is 0. The number of hydrogen-bond acceptors (Lipinski definition) is 7. The highest BCUT2D eigenvalue weighted by Gasteiger charge is 2.41. The van der Waals surface area contributed by atoms with Crippen molar-refractivity contribution < 1.29 is 13.2 Å². The second kappa shape index (κ2) is 7.89. The van der Waals surface area contributed by atoms with E-state index in [0.717, 1.165) is 43.7 Å². The Hall–Kier alpha value is -3.25. The van der Waals surface area contributed by atoms with Gasteiger partial charge in [-0.05, 0) is 49.1 Å². The van der Waals surface area contributed by atoms with Crippen molar-refractivity contribution in [2.75, 3.05) is 11.9 Å². The first-order valence-electron chi connectivity index (χ1n) is 11.3. The van der Waals surface area contributed by atoms with Gasteiger partial charge in [0.1, 0.15) is 11.9 Å². The number of thiazole rings is 1. The van der Waals surface area contributed by atoms with Crippen LogP contribution in [0, 0.1) is 0 Å². The molecule has 182 valence electrons. The monoisotopic (exact) mass is 501 g/mol. The van der Waals surface area contributed by atoms with Crippen LogP contribution in [0.25, 0.3) is 16.2 Å². The molecule has 0 bridgehead atoms. The number of rotatable bonds is 5. The van der Waals surface area contributed by atoms with Gasteiger partial charge in [-0.1, -0.05) is 13.0 Å². The Morgan fingerprint density at radius 2 is 2.06 bits per heavy atom. The van der Waals surface area contributed by atoms with Crippen molar-refractivity contribution >= 4 is 34.0 Å². The zero-order chi connectivity index (χ0) is 24.4. The number of alkyl halides is 3. The van der Waals surface area contributed by atoms with E-state index in [2.05, 4.69) is 32.5 Å². The van der Waals surface area contributed by atoms with E-state index in [0.29, 0.717) is 4.68 Å². The quantitative estimate of drug-likeness (QED) is 0.429. The van der Waals surface area contributed by atoms with E-state index in [-0.39, 0.29) is 27.5 Å². The maximum absolute atomic E-state index is 13.4. The molecule has 2 N–H and O–H groups in total. The third kappa shape index (κ3) is 4.10. The average molecular weight is 502 g/mol. The lowest BCUT2D eigenvalue weighted by Crippen LogP contribution is -2.30. The molecular weight excluding hydrogens is 479 g/mol. The summed E-state index contributed by atoms with van der Waals surface area (Å²) in [6, 6.07) is 5.95. The number of halogens is 3. The fourth-order valence-electron chi connectivity index (χ4n) is 4.36. The molecule has 6 rings (SSSR count). The Morgan fingerprint density at radius 3 is 2.83 bits per heavy atom. The van der Waals surface area contributed by atoms with E-state index in [1.807, 2.05) is 23.6 Å². The second-order valence-electron chi connectivity index (χ2n) is 9.33. The van der Waals surface area contributed by atoms with Crippen LogP contribution in [0.3, 0.4) is 0 Å². The summed E-state index contributed by atoms with van der Waals surface area (Å²) >= 11 is 1.20. The maximum Gasteiger partial charge on any atom is 0.408 e. The second-order valence-corrected chi connectivity index (χ2v) is 10.2. The van der Waals surface area contributed by atoms with Crippen LogP contribution >= 0.6 is 11.3 Å². The molecule has 4 heterocycles. The molecular formula is C23H22F3N7OS. The topological polar surface area (TPSA) is 89.7 Å². The molecule has 1 fully saturated rings. The standard InChI is InChI=1S/C23H22F3N7OS/c1-22(5-6-22)17-11-35-21(30-17)33-18-16(19(34)32(33)12-23(24,25)26)10-28-20(31-18)29-15-3-2-14-9-27-7-4-13(14)8-15/h2-3,8,10-11,27H,4-7,9,12H2,1H3,(H,28,29,31). The van der Waals surface area contributed by atoms with E-state index in [9.17, 15) is 18.0 Å².